The first-order chi connectivity index (χ1) is 16.1. The number of methoxy groups -OCH3 is 1. The molecular formula is C30H34NOP. The van der Waals surface area contributed by atoms with Gasteiger partial charge in [0.1, 0.15) is 0 Å². The van der Waals surface area contributed by atoms with E-state index in [-0.39, 0.29) is 12.1 Å². The minimum atomic E-state index is -0.561. The molecule has 170 valence electrons. The third kappa shape index (κ3) is 5.36. The number of benzene rings is 3. The summed E-state index contributed by atoms with van der Waals surface area (Å²) in [5.41, 5.74) is 4.13. The number of hydrogen-bond donors (Lipinski definition) is 0. The molecule has 0 spiro atoms. The lowest BCUT2D eigenvalue weighted by molar-refractivity contribution is 0.0333. The Morgan fingerprint density at radius 2 is 1.36 bits per heavy atom. The molecule has 0 fully saturated rings. The van der Waals surface area contributed by atoms with Gasteiger partial charge in [0.2, 0.25) is 0 Å². The van der Waals surface area contributed by atoms with Gasteiger partial charge in [-0.2, -0.15) is 0 Å². The summed E-state index contributed by atoms with van der Waals surface area (Å²) in [6.45, 7) is 5.46. The van der Waals surface area contributed by atoms with E-state index < -0.39 is 7.92 Å². The molecule has 2 nitrogen and oxygen atoms in total. The number of likely N-dealkylation sites (N-methyl/N-ethyl adjacent to an activating group) is 1. The molecule has 3 heteroatoms. The smallest absolute Gasteiger partial charge is 0.0973 e. The van der Waals surface area contributed by atoms with E-state index in [4.69, 9.17) is 4.74 Å². The largest absolute Gasteiger partial charge is 0.375 e. The Bertz CT molecular complexity index is 1050. The van der Waals surface area contributed by atoms with Crippen LogP contribution >= 0.6 is 7.92 Å². The second-order valence-electron chi connectivity index (χ2n) is 8.75. The Labute approximate surface area is 200 Å². The number of allylic oxidation sites excluding steroid dienone is 2. The van der Waals surface area contributed by atoms with Crippen LogP contribution in [0.25, 0.3) is 0 Å². The number of nitrogens with zero attached hydrogens (tertiary/aromatic N) is 1. The van der Waals surface area contributed by atoms with Crippen molar-refractivity contribution >= 4 is 18.5 Å². The van der Waals surface area contributed by atoms with Crippen LogP contribution in [-0.4, -0.2) is 31.6 Å². The molecular weight excluding hydrogens is 421 g/mol. The van der Waals surface area contributed by atoms with E-state index in [1.165, 1.54) is 27.3 Å². The topological polar surface area (TPSA) is 12.5 Å². The first-order valence-electron chi connectivity index (χ1n) is 11.7. The molecule has 2 atom stereocenters. The standard InChI is InChI=1S/C30H34NOP/c1-23-20-21-29(33(26-16-10-6-11-17-26)27-18-12-7-13-19-27)28(23)22-31(3)24(2)30(32-4)25-14-8-5-9-15-25/h5-20,24,30H,21-22H2,1-4H3/t24-,30-/m0/s1. The maximum absolute atomic E-state index is 5.96. The lowest BCUT2D eigenvalue weighted by Crippen LogP contribution is -2.36. The van der Waals surface area contributed by atoms with E-state index in [0.717, 1.165) is 13.0 Å². The highest BCUT2D eigenvalue weighted by molar-refractivity contribution is 7.76. The molecule has 0 aliphatic heterocycles. The fraction of sp³-hybridized carbons (Fsp3) is 0.267. The van der Waals surface area contributed by atoms with Gasteiger partial charge in [-0.05, 0) is 67.9 Å². The lowest BCUT2D eigenvalue weighted by Gasteiger charge is -2.33. The Balaban J connectivity index is 1.67. The van der Waals surface area contributed by atoms with Crippen LogP contribution in [0.15, 0.2) is 114 Å². The van der Waals surface area contributed by atoms with Gasteiger partial charge in [-0.1, -0.05) is 97.1 Å². The summed E-state index contributed by atoms with van der Waals surface area (Å²) in [4.78, 5) is 2.45. The summed E-state index contributed by atoms with van der Waals surface area (Å²) in [6, 6.07) is 32.9. The van der Waals surface area contributed by atoms with Crippen LogP contribution in [0.1, 0.15) is 31.9 Å². The van der Waals surface area contributed by atoms with E-state index in [0.29, 0.717) is 0 Å². The summed E-state index contributed by atoms with van der Waals surface area (Å²) in [7, 11) is 3.48. The van der Waals surface area contributed by atoms with Gasteiger partial charge in [0.15, 0.2) is 0 Å². The number of hydrogen-bond acceptors (Lipinski definition) is 2. The van der Waals surface area contributed by atoms with E-state index >= 15 is 0 Å². The third-order valence-electron chi connectivity index (χ3n) is 6.65. The van der Waals surface area contributed by atoms with Crippen molar-refractivity contribution < 1.29 is 4.74 Å². The zero-order valence-corrected chi connectivity index (χ0v) is 21.0. The summed E-state index contributed by atoms with van der Waals surface area (Å²) in [6.07, 6.45) is 3.48. The van der Waals surface area contributed by atoms with Gasteiger partial charge >= 0.3 is 0 Å². The van der Waals surface area contributed by atoms with E-state index in [9.17, 15) is 0 Å². The molecule has 0 heterocycles. The summed E-state index contributed by atoms with van der Waals surface area (Å²) >= 11 is 0. The maximum Gasteiger partial charge on any atom is 0.0973 e. The van der Waals surface area contributed by atoms with Crippen LogP contribution in [0.3, 0.4) is 0 Å². The highest BCUT2D eigenvalue weighted by Crippen LogP contribution is 2.50. The molecule has 0 unspecified atom stereocenters. The van der Waals surface area contributed by atoms with Gasteiger partial charge in [0, 0.05) is 19.7 Å². The van der Waals surface area contributed by atoms with Gasteiger partial charge in [0.05, 0.1) is 6.10 Å². The summed E-state index contributed by atoms with van der Waals surface area (Å²) in [5, 5.41) is 4.42. The molecule has 0 saturated heterocycles. The Kier molecular flexibility index (Phi) is 7.93. The van der Waals surface area contributed by atoms with Crippen molar-refractivity contribution in [1.29, 1.82) is 0 Å². The Morgan fingerprint density at radius 3 is 1.88 bits per heavy atom. The van der Waals surface area contributed by atoms with E-state index in [1.807, 2.05) is 7.11 Å². The molecule has 1 aliphatic rings. The first kappa shape index (κ1) is 23.6. The molecule has 0 aromatic heterocycles. The van der Waals surface area contributed by atoms with Crippen molar-refractivity contribution in [2.24, 2.45) is 0 Å². The van der Waals surface area contributed by atoms with E-state index in [1.54, 1.807) is 5.31 Å². The van der Waals surface area contributed by atoms with Crippen LogP contribution in [0.5, 0.6) is 0 Å². The second kappa shape index (κ2) is 11.1. The number of rotatable bonds is 9. The summed E-state index contributed by atoms with van der Waals surface area (Å²) in [5.74, 6) is 0. The Hall–Kier alpha value is -2.51. The van der Waals surface area contributed by atoms with Crippen LogP contribution in [-0.2, 0) is 4.74 Å². The fourth-order valence-electron chi connectivity index (χ4n) is 4.66. The average Bonchev–Trinajstić information content (AvgIpc) is 3.21. The van der Waals surface area contributed by atoms with Crippen LogP contribution in [0.4, 0.5) is 0 Å². The van der Waals surface area contributed by atoms with Crippen LogP contribution in [0.2, 0.25) is 0 Å². The quantitative estimate of drug-likeness (QED) is 0.345. The van der Waals surface area contributed by atoms with Gasteiger partial charge in [-0.3, -0.25) is 4.90 Å². The van der Waals surface area contributed by atoms with Gasteiger partial charge in [0.25, 0.3) is 0 Å². The zero-order chi connectivity index (χ0) is 23.2. The molecule has 0 amide bonds. The zero-order valence-electron chi connectivity index (χ0n) is 20.1. The minimum Gasteiger partial charge on any atom is -0.375 e. The molecule has 0 radical (unpaired) electrons. The van der Waals surface area contributed by atoms with Crippen molar-refractivity contribution in [3.8, 4) is 0 Å². The van der Waals surface area contributed by atoms with Crippen molar-refractivity contribution in [1.82, 2.24) is 4.90 Å². The Morgan fingerprint density at radius 1 is 0.848 bits per heavy atom. The fourth-order valence-corrected chi connectivity index (χ4v) is 7.31. The van der Waals surface area contributed by atoms with Crippen molar-refractivity contribution in [2.75, 3.05) is 20.7 Å². The maximum atomic E-state index is 5.96. The molecule has 1 aliphatic carbocycles. The van der Waals surface area contributed by atoms with Crippen LogP contribution < -0.4 is 10.6 Å². The van der Waals surface area contributed by atoms with Crippen molar-refractivity contribution in [2.45, 2.75) is 32.4 Å². The minimum absolute atomic E-state index is 0.0377. The van der Waals surface area contributed by atoms with Gasteiger partial charge < -0.3 is 4.74 Å². The first-order valence-corrected chi connectivity index (χ1v) is 13.0. The predicted octanol–water partition coefficient (Wildman–Crippen LogP) is 6.43. The lowest BCUT2D eigenvalue weighted by atomic mass is 10.0. The molecule has 3 aromatic carbocycles. The van der Waals surface area contributed by atoms with Crippen molar-refractivity contribution in [3.05, 3.63) is 119 Å². The molecule has 3 aromatic rings. The molecule has 0 bridgehead atoms. The predicted molar refractivity (Wildman–Crippen MR) is 143 cm³/mol. The summed E-state index contributed by atoms with van der Waals surface area (Å²) < 4.78 is 5.96. The molecule has 33 heavy (non-hydrogen) atoms. The molecule has 0 saturated carbocycles. The van der Waals surface area contributed by atoms with Crippen LogP contribution in [0, 0.1) is 0 Å². The monoisotopic (exact) mass is 455 g/mol. The highest BCUT2D eigenvalue weighted by atomic mass is 31.1. The van der Waals surface area contributed by atoms with Gasteiger partial charge in [-0.25, -0.2) is 0 Å². The molecule has 4 rings (SSSR count). The average molecular weight is 456 g/mol. The SMILES string of the molecule is CO[C@H](c1ccccc1)[C@H](C)N(C)CC1=C(P(c2ccccc2)c2ccccc2)CC=C1C. The van der Waals surface area contributed by atoms with E-state index in [2.05, 4.69) is 123 Å². The number of ether oxygens (including phenoxy) is 1. The van der Waals surface area contributed by atoms with Crippen molar-refractivity contribution in [3.63, 3.8) is 0 Å². The normalized spacial score (nSPS) is 15.8. The highest BCUT2D eigenvalue weighted by Gasteiger charge is 2.28. The van der Waals surface area contributed by atoms with Gasteiger partial charge in [-0.15, -0.1) is 0 Å². The third-order valence-corrected chi connectivity index (χ3v) is 9.27. The second-order valence-corrected chi connectivity index (χ2v) is 11.0. The molecule has 0 N–H and O–H groups in total.